The van der Waals surface area contributed by atoms with Crippen LogP contribution >= 0.6 is 37.2 Å². The molecule has 0 unspecified atom stereocenters. The van der Waals surface area contributed by atoms with Crippen LogP contribution in [0.15, 0.2) is 0 Å². The third-order valence-electron chi connectivity index (χ3n) is 0. The molecule has 0 saturated heterocycles. The Morgan fingerprint density at radius 3 is 0.500 bits per heavy atom. The molecule has 0 rings (SSSR count). The van der Waals surface area contributed by atoms with Crippen molar-refractivity contribution >= 4 is 37.2 Å². The van der Waals surface area contributed by atoms with Crippen molar-refractivity contribution in [3.05, 3.63) is 0 Å². The van der Waals surface area contributed by atoms with Gasteiger partial charge in [-0.1, -0.05) is 0 Å². The van der Waals surface area contributed by atoms with Crippen molar-refractivity contribution in [1.29, 1.82) is 0 Å². The summed E-state index contributed by atoms with van der Waals surface area (Å²) in [5.41, 5.74) is 0. The predicted octanol–water partition coefficient (Wildman–Crippen LogP) is 1.27. The van der Waals surface area contributed by atoms with Crippen LogP contribution in [-0.2, 0) is 0 Å². The van der Waals surface area contributed by atoms with E-state index in [1.807, 2.05) is 0 Å². The van der Waals surface area contributed by atoms with Crippen LogP contribution in [0.25, 0.3) is 0 Å². The van der Waals surface area contributed by atoms with Gasteiger partial charge >= 0.3 is 0 Å². The summed E-state index contributed by atoms with van der Waals surface area (Å²) in [6.45, 7) is 0. The Labute approximate surface area is 51.8 Å². The summed E-state index contributed by atoms with van der Waals surface area (Å²) < 4.78 is 0. The van der Waals surface area contributed by atoms with Gasteiger partial charge in [-0.05, 0) is 0 Å². The maximum atomic E-state index is 0. The van der Waals surface area contributed by atoms with E-state index >= 15 is 0 Å². The fourth-order valence-electron chi connectivity index (χ4n) is 0. The summed E-state index contributed by atoms with van der Waals surface area (Å²) in [6.07, 6.45) is 0. The first-order valence-electron chi connectivity index (χ1n) is 0. The van der Waals surface area contributed by atoms with Crippen molar-refractivity contribution in [2.45, 2.75) is 0 Å². The van der Waals surface area contributed by atoms with E-state index in [0.29, 0.717) is 0 Å². The summed E-state index contributed by atoms with van der Waals surface area (Å²) >= 11 is 0. The molecule has 0 aromatic heterocycles. The molecule has 1 radical (unpaired) electrons. The number of hydrogen-bond acceptors (Lipinski definition) is 0. The van der Waals surface area contributed by atoms with E-state index in [1.54, 1.807) is 0 Å². The van der Waals surface area contributed by atoms with Crippen LogP contribution in [0.1, 0.15) is 0 Å². The zero-order valence-electron chi connectivity index (χ0n) is 1.60. The van der Waals surface area contributed by atoms with Crippen molar-refractivity contribution in [2.24, 2.45) is 0 Å². The van der Waals surface area contributed by atoms with E-state index in [2.05, 4.69) is 0 Å². The Balaban J connectivity index is 0. The average Bonchev–Trinajstić information content (AvgIpc) is 0. The van der Waals surface area contributed by atoms with E-state index in [4.69, 9.17) is 0 Å². The molecular formula is H3AmCl3. The van der Waals surface area contributed by atoms with Crippen LogP contribution in [0.5, 0.6) is 0 Å². The van der Waals surface area contributed by atoms with Gasteiger partial charge in [0.2, 0.25) is 0 Å². The Kier molecular flexibility index (Phi) is 429. The van der Waals surface area contributed by atoms with Crippen LogP contribution in [-0.4, -0.2) is 0 Å². The summed E-state index contributed by atoms with van der Waals surface area (Å²) in [5, 5.41) is 0. The first-order chi connectivity index (χ1) is 0. The van der Waals surface area contributed by atoms with Crippen LogP contribution in [0.3, 0.4) is 0 Å². The van der Waals surface area contributed by atoms with Crippen LogP contribution in [0.2, 0.25) is 0 Å². The zero-order chi connectivity index (χ0) is 0. The minimum absolute atomic E-state index is 0. The van der Waals surface area contributed by atoms with E-state index in [-0.39, 0.29) is 51.5 Å². The van der Waals surface area contributed by atoms with E-state index < -0.39 is 0 Å². The molecule has 0 heterocycles. The topological polar surface area (TPSA) is 0 Å². The van der Waals surface area contributed by atoms with Gasteiger partial charge in [-0.3, -0.25) is 0 Å². The van der Waals surface area contributed by atoms with Gasteiger partial charge in [0.1, 0.15) is 0 Å². The van der Waals surface area contributed by atoms with Gasteiger partial charge in [-0.2, -0.15) is 0 Å². The number of halogens is 3. The van der Waals surface area contributed by atoms with E-state index in [0.717, 1.165) is 0 Å². The largest absolute Gasteiger partial charge is 0.147 e. The molecular weight excluding hydrogens is 349 g/mol. The Morgan fingerprint density at radius 2 is 0.500 bits per heavy atom. The quantitative estimate of drug-likeness (QED) is 0.616. The molecule has 0 aliphatic heterocycles. The molecule has 0 aromatic carbocycles. The molecule has 0 nitrogen and oxygen atoms in total. The van der Waals surface area contributed by atoms with Crippen LogP contribution < -0.4 is 0 Å². The molecule has 0 aliphatic rings. The normalized spacial score (nSPS) is 0. The smallest absolute Gasteiger partial charge is 0 e. The Morgan fingerprint density at radius 1 is 0.500 bits per heavy atom. The fourth-order valence-corrected chi connectivity index (χ4v) is 0. The first kappa shape index (κ1) is 60.1. The molecule has 0 fully saturated rings. The van der Waals surface area contributed by atoms with Gasteiger partial charge in [0.05, 0.1) is 0 Å². The predicted molar refractivity (Wildman–Crippen MR) is 21.7 cm³/mol. The minimum Gasteiger partial charge on any atom is -0.147 e. The SMILES string of the molecule is Cl.Cl.Cl.[Am]. The molecule has 0 bridgehead atoms. The number of rotatable bonds is 0. The second-order valence-electron chi connectivity index (χ2n) is 0. The van der Waals surface area contributed by atoms with E-state index in [1.165, 1.54) is 0 Å². The van der Waals surface area contributed by atoms with Crippen molar-refractivity contribution in [1.82, 2.24) is 0 Å². The van der Waals surface area contributed by atoms with Crippen molar-refractivity contribution < 1.29 is 14.3 Å². The molecule has 31 valence electrons. The molecule has 4 heavy (non-hydrogen) atoms. The summed E-state index contributed by atoms with van der Waals surface area (Å²) in [6, 6.07) is 0. The third kappa shape index (κ3) is 10.5. The molecule has 0 spiro atoms. The summed E-state index contributed by atoms with van der Waals surface area (Å²) in [5.74, 6) is 0. The van der Waals surface area contributed by atoms with Crippen molar-refractivity contribution in [2.75, 3.05) is 0 Å². The molecule has 0 N–H and O–H groups in total. The molecule has 0 aromatic rings. The Bertz CT molecular complexity index is 3.25. The average molecular weight is 352 g/mol. The van der Waals surface area contributed by atoms with Crippen LogP contribution in [0, 0.1) is 14.3 Å². The second-order valence-corrected chi connectivity index (χ2v) is 0. The maximum Gasteiger partial charge on any atom is 0 e. The van der Waals surface area contributed by atoms with Crippen LogP contribution in [0.4, 0.5) is 0 Å². The molecule has 0 saturated carbocycles. The van der Waals surface area contributed by atoms with Gasteiger partial charge in [-0.15, -0.1) is 37.2 Å². The van der Waals surface area contributed by atoms with Gasteiger partial charge in [0.25, 0.3) is 0 Å². The first-order valence-corrected chi connectivity index (χ1v) is 0. The molecule has 0 atom stereocenters. The summed E-state index contributed by atoms with van der Waals surface area (Å²) in [7, 11) is 0. The van der Waals surface area contributed by atoms with Crippen molar-refractivity contribution in [3.63, 3.8) is 0 Å². The number of hydrogen-bond donors (Lipinski definition) is 0. The molecule has 0 aliphatic carbocycles. The second kappa shape index (κ2) is 28.5. The maximum absolute atomic E-state index is 0. The Hall–Kier alpha value is 1.26. The molecule has 0 amide bonds. The third-order valence-corrected chi connectivity index (χ3v) is 0. The fraction of sp³-hybridized carbons (Fsp3) is 0. The van der Waals surface area contributed by atoms with Gasteiger partial charge in [-0.25, -0.2) is 0 Å². The minimum atomic E-state index is 0. The van der Waals surface area contributed by atoms with Gasteiger partial charge in [0, 0.05) is 14.3 Å². The van der Waals surface area contributed by atoms with Gasteiger partial charge < -0.3 is 0 Å². The monoisotopic (exact) mass is 349 g/mol. The zero-order valence-corrected chi connectivity index (χ0v) is 7.20. The molecule has 4 heteroatoms. The van der Waals surface area contributed by atoms with E-state index in [9.17, 15) is 0 Å². The van der Waals surface area contributed by atoms with Gasteiger partial charge in [0.15, 0.2) is 0 Å². The summed E-state index contributed by atoms with van der Waals surface area (Å²) in [4.78, 5) is 0. The standard InChI is InChI=1S/Am.3ClH/h;3*1H. The van der Waals surface area contributed by atoms with Crippen molar-refractivity contribution in [3.8, 4) is 0 Å².